The zero-order valence-electron chi connectivity index (χ0n) is 14.4. The number of rotatable bonds is 4. The second-order valence-electron chi connectivity index (χ2n) is 7.38. The molecule has 1 aromatic heterocycles. The van der Waals surface area contributed by atoms with Crippen LogP contribution in [0.2, 0.25) is 0 Å². The normalized spacial score (nSPS) is 19.6. The average Bonchev–Trinajstić information content (AvgIpc) is 3.27. The van der Waals surface area contributed by atoms with Crippen molar-refractivity contribution in [3.8, 4) is 0 Å². The lowest BCUT2D eigenvalue weighted by Crippen LogP contribution is -2.44. The van der Waals surface area contributed by atoms with Gasteiger partial charge in [-0.25, -0.2) is 0 Å². The molecule has 4 nitrogen and oxygen atoms in total. The maximum atomic E-state index is 12.5. The number of thiophene rings is 1. The van der Waals surface area contributed by atoms with Gasteiger partial charge in [-0.1, -0.05) is 18.2 Å². The number of piperidine rings is 1. The largest absolute Gasteiger partial charge is 0.343 e. The maximum Gasteiger partial charge on any atom is 0.223 e. The van der Waals surface area contributed by atoms with E-state index in [0.29, 0.717) is 18.3 Å². The summed E-state index contributed by atoms with van der Waals surface area (Å²) in [4.78, 5) is 27.0. The van der Waals surface area contributed by atoms with Crippen molar-refractivity contribution in [1.82, 2.24) is 10.2 Å². The third kappa shape index (κ3) is 3.35. The molecular formula is C20H24N2O2S. The first kappa shape index (κ1) is 16.7. The van der Waals surface area contributed by atoms with E-state index in [2.05, 4.69) is 5.32 Å². The monoisotopic (exact) mass is 356 g/mol. The van der Waals surface area contributed by atoms with E-state index in [1.54, 1.807) is 11.3 Å². The summed E-state index contributed by atoms with van der Waals surface area (Å²) in [7, 11) is 0. The number of carbonyl (C=O) groups is 2. The molecule has 2 aliphatic heterocycles. The van der Waals surface area contributed by atoms with Gasteiger partial charge in [0.05, 0.1) is 0 Å². The summed E-state index contributed by atoms with van der Waals surface area (Å²) >= 11 is 1.59. The minimum Gasteiger partial charge on any atom is -0.343 e. The van der Waals surface area contributed by atoms with Crippen molar-refractivity contribution in [3.63, 3.8) is 0 Å². The average molecular weight is 356 g/mol. The first-order valence-corrected chi connectivity index (χ1v) is 10.0. The van der Waals surface area contributed by atoms with Crippen molar-refractivity contribution in [2.24, 2.45) is 5.41 Å². The summed E-state index contributed by atoms with van der Waals surface area (Å²) in [5.41, 5.74) is 1.19. The van der Waals surface area contributed by atoms with E-state index in [1.165, 1.54) is 6.42 Å². The van der Waals surface area contributed by atoms with Crippen molar-refractivity contribution >= 4 is 33.1 Å². The lowest BCUT2D eigenvalue weighted by molar-refractivity contribution is -0.133. The lowest BCUT2D eigenvalue weighted by atomic mass is 9.78. The molecule has 5 heteroatoms. The predicted molar refractivity (Wildman–Crippen MR) is 101 cm³/mol. The Morgan fingerprint density at radius 1 is 1.12 bits per heavy atom. The number of benzene rings is 1. The molecule has 0 atom stereocenters. The third-order valence-electron chi connectivity index (χ3n) is 5.86. The SMILES string of the molecule is O=C(CCC(=O)N1CCC2(CCNC2)CC1)c1csc2ccccc12. The van der Waals surface area contributed by atoms with Crippen molar-refractivity contribution < 1.29 is 9.59 Å². The number of hydrogen-bond donors (Lipinski definition) is 1. The van der Waals surface area contributed by atoms with Crippen LogP contribution in [0.25, 0.3) is 10.1 Å². The van der Waals surface area contributed by atoms with Gasteiger partial charge in [0.1, 0.15) is 0 Å². The summed E-state index contributed by atoms with van der Waals surface area (Å²) in [6, 6.07) is 7.96. The topological polar surface area (TPSA) is 49.4 Å². The van der Waals surface area contributed by atoms with Gasteiger partial charge >= 0.3 is 0 Å². The molecule has 0 saturated carbocycles. The van der Waals surface area contributed by atoms with Crippen LogP contribution in [0, 0.1) is 5.41 Å². The molecular weight excluding hydrogens is 332 g/mol. The van der Waals surface area contributed by atoms with Gasteiger partial charge in [0, 0.05) is 53.5 Å². The maximum absolute atomic E-state index is 12.5. The quantitative estimate of drug-likeness (QED) is 0.854. The van der Waals surface area contributed by atoms with Gasteiger partial charge in [-0.3, -0.25) is 9.59 Å². The Morgan fingerprint density at radius 3 is 2.68 bits per heavy atom. The highest BCUT2D eigenvalue weighted by Crippen LogP contribution is 2.37. The highest BCUT2D eigenvalue weighted by Gasteiger charge is 2.37. The summed E-state index contributed by atoms with van der Waals surface area (Å²) in [6.07, 6.45) is 4.06. The van der Waals surface area contributed by atoms with Crippen LogP contribution in [-0.2, 0) is 4.79 Å². The summed E-state index contributed by atoms with van der Waals surface area (Å²) in [6.45, 7) is 3.89. The van der Waals surface area contributed by atoms with Crippen LogP contribution >= 0.6 is 11.3 Å². The number of carbonyl (C=O) groups excluding carboxylic acids is 2. The summed E-state index contributed by atoms with van der Waals surface area (Å²) in [5, 5.41) is 6.39. The first-order valence-electron chi connectivity index (χ1n) is 9.15. The number of Topliss-reactive ketones (excluding diaryl/α,β-unsaturated/α-hetero) is 1. The van der Waals surface area contributed by atoms with Crippen LogP contribution in [0.3, 0.4) is 0 Å². The second-order valence-corrected chi connectivity index (χ2v) is 8.29. The molecule has 1 N–H and O–H groups in total. The Kier molecular flexibility index (Phi) is 4.61. The van der Waals surface area contributed by atoms with E-state index < -0.39 is 0 Å². The number of ketones is 1. The molecule has 0 aliphatic carbocycles. The predicted octanol–water partition coefficient (Wildman–Crippen LogP) is 3.47. The molecule has 2 saturated heterocycles. The molecule has 2 aliphatic rings. The second kappa shape index (κ2) is 6.89. The van der Waals surface area contributed by atoms with Crippen molar-refractivity contribution in [2.45, 2.75) is 32.1 Å². The molecule has 25 heavy (non-hydrogen) atoms. The Balaban J connectivity index is 1.32. The smallest absolute Gasteiger partial charge is 0.223 e. The molecule has 1 aromatic carbocycles. The summed E-state index contributed by atoms with van der Waals surface area (Å²) in [5.74, 6) is 0.216. The molecule has 4 rings (SSSR count). The van der Waals surface area contributed by atoms with Crippen LogP contribution in [-0.4, -0.2) is 42.8 Å². The molecule has 1 spiro atoms. The first-order chi connectivity index (χ1) is 12.2. The van der Waals surface area contributed by atoms with Gasteiger partial charge in [0.25, 0.3) is 0 Å². The standard InChI is InChI=1S/C20H24N2O2S/c23-17(16-13-25-18-4-2-1-3-15(16)18)5-6-19(24)22-11-8-20(9-12-22)7-10-21-14-20/h1-4,13,21H,5-12,14H2. The Bertz CT molecular complexity index is 782. The van der Waals surface area contributed by atoms with Crippen molar-refractivity contribution in [2.75, 3.05) is 26.2 Å². The Labute approximate surface area is 152 Å². The van der Waals surface area contributed by atoms with Gasteiger partial charge in [0.2, 0.25) is 5.91 Å². The molecule has 2 aromatic rings. The molecule has 0 unspecified atom stereocenters. The van der Waals surface area contributed by atoms with Crippen LogP contribution in [0.5, 0.6) is 0 Å². The minimum atomic E-state index is 0.0827. The number of fused-ring (bicyclic) bond motifs is 1. The molecule has 1 amide bonds. The van der Waals surface area contributed by atoms with Gasteiger partial charge in [-0.05, 0) is 37.3 Å². The lowest BCUT2D eigenvalue weighted by Gasteiger charge is -2.38. The summed E-state index contributed by atoms with van der Waals surface area (Å²) < 4.78 is 1.13. The van der Waals surface area contributed by atoms with Crippen molar-refractivity contribution in [1.29, 1.82) is 0 Å². The van der Waals surface area contributed by atoms with Gasteiger partial charge in [-0.2, -0.15) is 0 Å². The number of nitrogens with one attached hydrogen (secondary N) is 1. The number of likely N-dealkylation sites (tertiary alicyclic amines) is 1. The Hall–Kier alpha value is -1.72. The third-order valence-corrected chi connectivity index (χ3v) is 6.82. The zero-order valence-corrected chi connectivity index (χ0v) is 15.2. The van der Waals surface area contributed by atoms with Crippen LogP contribution in [0.1, 0.15) is 42.5 Å². The number of hydrogen-bond acceptors (Lipinski definition) is 4. The molecule has 2 fully saturated rings. The number of amides is 1. The fourth-order valence-electron chi connectivity index (χ4n) is 4.16. The van der Waals surface area contributed by atoms with Gasteiger partial charge < -0.3 is 10.2 Å². The van der Waals surface area contributed by atoms with E-state index in [9.17, 15) is 9.59 Å². The van der Waals surface area contributed by atoms with E-state index in [0.717, 1.165) is 54.7 Å². The van der Waals surface area contributed by atoms with Crippen molar-refractivity contribution in [3.05, 3.63) is 35.2 Å². The highest BCUT2D eigenvalue weighted by molar-refractivity contribution is 7.17. The van der Waals surface area contributed by atoms with E-state index in [4.69, 9.17) is 0 Å². The molecule has 132 valence electrons. The van der Waals surface area contributed by atoms with Gasteiger partial charge in [-0.15, -0.1) is 11.3 Å². The highest BCUT2D eigenvalue weighted by atomic mass is 32.1. The van der Waals surface area contributed by atoms with E-state index >= 15 is 0 Å². The van der Waals surface area contributed by atoms with Crippen LogP contribution < -0.4 is 5.32 Å². The zero-order chi connectivity index (χ0) is 17.3. The fourth-order valence-corrected chi connectivity index (χ4v) is 5.13. The minimum absolute atomic E-state index is 0.0827. The number of nitrogens with zero attached hydrogens (tertiary/aromatic N) is 1. The molecule has 0 bridgehead atoms. The van der Waals surface area contributed by atoms with Gasteiger partial charge in [0.15, 0.2) is 5.78 Å². The fraction of sp³-hybridized carbons (Fsp3) is 0.500. The Morgan fingerprint density at radius 2 is 1.92 bits per heavy atom. The van der Waals surface area contributed by atoms with Crippen LogP contribution in [0.15, 0.2) is 29.6 Å². The molecule has 3 heterocycles. The molecule has 0 radical (unpaired) electrons. The van der Waals surface area contributed by atoms with E-state index in [-0.39, 0.29) is 11.7 Å². The van der Waals surface area contributed by atoms with Crippen LogP contribution in [0.4, 0.5) is 0 Å². The van der Waals surface area contributed by atoms with E-state index in [1.807, 2.05) is 34.5 Å².